The van der Waals surface area contributed by atoms with E-state index in [0.717, 1.165) is 59.6 Å². The van der Waals surface area contributed by atoms with Gasteiger partial charge in [-0.1, -0.05) is 70.0 Å². The van der Waals surface area contributed by atoms with Gasteiger partial charge in [-0.3, -0.25) is 9.59 Å². The highest BCUT2D eigenvalue weighted by Crippen LogP contribution is 2.53. The first-order valence-electron chi connectivity index (χ1n) is 12.4. The van der Waals surface area contributed by atoms with Crippen molar-refractivity contribution in [2.75, 3.05) is 13.1 Å². The Morgan fingerprint density at radius 3 is 2.41 bits per heavy atom. The molecule has 3 aliphatic rings. The van der Waals surface area contributed by atoms with Crippen molar-refractivity contribution in [2.24, 2.45) is 0 Å². The van der Waals surface area contributed by atoms with Crippen molar-refractivity contribution in [1.29, 1.82) is 5.26 Å². The molecule has 1 saturated heterocycles. The third-order valence-corrected chi connectivity index (χ3v) is 9.87. The topological polar surface area (TPSA) is 73.2 Å². The quantitative estimate of drug-likeness (QED) is 0.331. The number of carbonyl (C=O) groups excluding carboxylic acids is 2. The molecule has 37 heavy (non-hydrogen) atoms. The van der Waals surface area contributed by atoms with Crippen LogP contribution in [0.5, 0.6) is 0 Å². The number of nitrogens with one attached hydrogen (secondary N) is 1. The highest BCUT2D eigenvalue weighted by Gasteiger charge is 2.54. The second-order valence-electron chi connectivity index (χ2n) is 9.89. The molecule has 6 rings (SSSR count). The Morgan fingerprint density at radius 2 is 1.78 bits per heavy atom. The van der Waals surface area contributed by atoms with Gasteiger partial charge < -0.3 is 10.2 Å². The molecular formula is C29H27BrClN3O2S. The fraction of sp³-hybridized carbons (Fsp3) is 0.345. The average Bonchev–Trinajstić information content (AvgIpc) is 3.84. The van der Waals surface area contributed by atoms with E-state index in [-0.39, 0.29) is 5.41 Å². The molecule has 1 unspecified atom stereocenters. The summed E-state index contributed by atoms with van der Waals surface area (Å²) >= 11 is 11.8. The van der Waals surface area contributed by atoms with Crippen LogP contribution in [0.3, 0.4) is 0 Å². The zero-order valence-electron chi connectivity index (χ0n) is 20.3. The molecule has 1 N–H and O–H groups in total. The molecule has 5 nitrogen and oxygen atoms in total. The number of carbonyl (C=O) groups is 2. The van der Waals surface area contributed by atoms with Crippen LogP contribution in [0.1, 0.15) is 37.7 Å². The van der Waals surface area contributed by atoms with E-state index in [1.165, 1.54) is 16.3 Å². The van der Waals surface area contributed by atoms with Crippen LogP contribution in [-0.4, -0.2) is 41.1 Å². The van der Waals surface area contributed by atoms with Gasteiger partial charge in [0.25, 0.3) is 0 Å². The van der Waals surface area contributed by atoms with Crippen molar-refractivity contribution >= 4 is 62.4 Å². The van der Waals surface area contributed by atoms with Crippen LogP contribution >= 0.6 is 39.3 Å². The number of fused-ring (bicyclic) bond motifs is 1. The minimum absolute atomic E-state index is 0.298. The standard InChI is InChI=1S/C24H21BrClNOS.C5H6N2O/c25-20-10-9-19(17-5-1-2-6-18(17)20)24(12-13-24)23(28)27-14-11-16(15-27)29-22-8-4-3-7-21(22)26;6-3-5(1-2-5)7-4-8/h1-10,16H,11-15H2;4H,1-2H2,(H,7,8). The fourth-order valence-electron chi connectivity index (χ4n) is 4.96. The molecule has 0 radical (unpaired) electrons. The molecule has 2 amide bonds. The summed E-state index contributed by atoms with van der Waals surface area (Å²) in [7, 11) is 0. The smallest absolute Gasteiger partial charge is 0.233 e. The molecule has 2 aliphatic carbocycles. The van der Waals surface area contributed by atoms with Crippen LogP contribution < -0.4 is 5.32 Å². The summed E-state index contributed by atoms with van der Waals surface area (Å²) < 4.78 is 1.08. The number of likely N-dealkylation sites (tertiary alicyclic amines) is 1. The van der Waals surface area contributed by atoms with E-state index in [1.807, 2.05) is 24.3 Å². The van der Waals surface area contributed by atoms with E-state index < -0.39 is 5.54 Å². The molecule has 1 atom stereocenters. The van der Waals surface area contributed by atoms with E-state index in [4.69, 9.17) is 16.9 Å². The number of halogens is 2. The lowest BCUT2D eigenvalue weighted by atomic mass is 9.89. The maximum Gasteiger partial charge on any atom is 0.233 e. The molecule has 2 saturated carbocycles. The molecule has 0 aromatic heterocycles. The molecule has 0 spiro atoms. The number of hydrogen-bond donors (Lipinski definition) is 1. The van der Waals surface area contributed by atoms with Gasteiger partial charge in [-0.2, -0.15) is 5.26 Å². The fourth-order valence-corrected chi connectivity index (χ4v) is 6.88. The largest absolute Gasteiger partial charge is 0.341 e. The predicted octanol–water partition coefficient (Wildman–Crippen LogP) is 6.47. The summed E-state index contributed by atoms with van der Waals surface area (Å²) in [5.41, 5.74) is 0.370. The third kappa shape index (κ3) is 5.38. The van der Waals surface area contributed by atoms with Gasteiger partial charge in [-0.25, -0.2) is 0 Å². The Kier molecular flexibility index (Phi) is 7.53. The number of hydrogen-bond acceptors (Lipinski definition) is 4. The Bertz CT molecular complexity index is 1380. The van der Waals surface area contributed by atoms with Crippen molar-refractivity contribution in [3.63, 3.8) is 0 Å². The predicted molar refractivity (Wildman–Crippen MR) is 152 cm³/mol. The van der Waals surface area contributed by atoms with Gasteiger partial charge in [0.1, 0.15) is 5.54 Å². The van der Waals surface area contributed by atoms with Crippen LogP contribution in [0, 0.1) is 11.3 Å². The Morgan fingerprint density at radius 1 is 1.08 bits per heavy atom. The molecule has 1 aliphatic heterocycles. The van der Waals surface area contributed by atoms with Gasteiger partial charge in [-0.05, 0) is 66.6 Å². The minimum Gasteiger partial charge on any atom is -0.341 e. The van der Waals surface area contributed by atoms with E-state index >= 15 is 0 Å². The van der Waals surface area contributed by atoms with Crippen molar-refractivity contribution in [3.8, 4) is 6.07 Å². The van der Waals surface area contributed by atoms with Crippen molar-refractivity contribution in [1.82, 2.24) is 10.2 Å². The lowest BCUT2D eigenvalue weighted by molar-refractivity contribution is -0.132. The van der Waals surface area contributed by atoms with Crippen LogP contribution in [0.2, 0.25) is 5.02 Å². The first-order valence-corrected chi connectivity index (χ1v) is 14.5. The van der Waals surface area contributed by atoms with E-state index in [2.05, 4.69) is 68.6 Å². The first kappa shape index (κ1) is 26.1. The molecule has 3 fully saturated rings. The number of rotatable bonds is 6. The summed E-state index contributed by atoms with van der Waals surface area (Å²) in [6, 6.07) is 22.6. The number of amides is 2. The van der Waals surface area contributed by atoms with E-state index in [9.17, 15) is 9.59 Å². The van der Waals surface area contributed by atoms with Gasteiger partial charge in [0.15, 0.2) is 0 Å². The average molecular weight is 597 g/mol. The Balaban J connectivity index is 0.000000301. The number of thioether (sulfide) groups is 1. The van der Waals surface area contributed by atoms with Crippen LogP contribution in [0.25, 0.3) is 10.8 Å². The molecule has 8 heteroatoms. The summed E-state index contributed by atoms with van der Waals surface area (Å²) in [6.45, 7) is 1.63. The number of benzene rings is 3. The van der Waals surface area contributed by atoms with Crippen LogP contribution in [-0.2, 0) is 15.0 Å². The Hall–Kier alpha value is -2.53. The highest BCUT2D eigenvalue weighted by molar-refractivity contribution is 9.10. The van der Waals surface area contributed by atoms with Crippen LogP contribution in [0.15, 0.2) is 70.0 Å². The summed E-state index contributed by atoms with van der Waals surface area (Å²) in [4.78, 5) is 26.5. The SMILES string of the molecule is N#CC1(NC=O)CC1.O=C(N1CCC(Sc2ccccc2Cl)C1)C1(c2ccc(Br)c3ccccc23)CC1. The number of nitrogens with zero attached hydrogens (tertiary/aromatic N) is 2. The summed E-state index contributed by atoms with van der Waals surface area (Å²) in [5, 5.41) is 14.3. The summed E-state index contributed by atoms with van der Waals surface area (Å²) in [5.74, 6) is 0.298. The van der Waals surface area contributed by atoms with Crippen LogP contribution in [0.4, 0.5) is 0 Å². The second-order valence-corrected chi connectivity index (χ2v) is 12.5. The first-order chi connectivity index (χ1) is 17.9. The van der Waals surface area contributed by atoms with Gasteiger partial charge >= 0.3 is 0 Å². The third-order valence-electron chi connectivity index (χ3n) is 7.41. The van der Waals surface area contributed by atoms with E-state index in [1.54, 1.807) is 11.8 Å². The maximum absolute atomic E-state index is 13.6. The molecule has 190 valence electrons. The summed E-state index contributed by atoms with van der Waals surface area (Å²) in [6.07, 6.45) is 5.09. The van der Waals surface area contributed by atoms with Gasteiger partial charge in [-0.15, -0.1) is 11.8 Å². The zero-order valence-corrected chi connectivity index (χ0v) is 23.4. The van der Waals surface area contributed by atoms with Gasteiger partial charge in [0.05, 0.1) is 16.5 Å². The molecular weight excluding hydrogens is 570 g/mol. The normalized spacial score (nSPS) is 20.4. The second kappa shape index (κ2) is 10.7. The zero-order chi connectivity index (χ0) is 26.0. The van der Waals surface area contributed by atoms with Crippen molar-refractivity contribution in [3.05, 3.63) is 75.7 Å². The van der Waals surface area contributed by atoms with Gasteiger partial charge in [0, 0.05) is 27.7 Å². The van der Waals surface area contributed by atoms with Crippen molar-refractivity contribution in [2.45, 2.75) is 53.2 Å². The molecule has 1 heterocycles. The monoisotopic (exact) mass is 595 g/mol. The lowest BCUT2D eigenvalue weighted by Crippen LogP contribution is -2.38. The molecule has 3 aromatic rings. The number of nitriles is 1. The highest BCUT2D eigenvalue weighted by atomic mass is 79.9. The minimum atomic E-state index is -0.470. The van der Waals surface area contributed by atoms with E-state index in [0.29, 0.717) is 17.6 Å². The molecule has 0 bridgehead atoms. The lowest BCUT2D eigenvalue weighted by Gasteiger charge is -2.25. The van der Waals surface area contributed by atoms with Gasteiger partial charge in [0.2, 0.25) is 12.3 Å². The Labute approximate surface area is 234 Å². The molecule has 3 aromatic carbocycles. The van der Waals surface area contributed by atoms with Crippen molar-refractivity contribution < 1.29 is 9.59 Å². The maximum atomic E-state index is 13.6.